The van der Waals surface area contributed by atoms with Crippen LogP contribution in [0.1, 0.15) is 45.0 Å². The second-order valence-electron chi connectivity index (χ2n) is 7.28. The average molecular weight is 362 g/mol. The van der Waals surface area contributed by atoms with E-state index in [9.17, 15) is 13.2 Å². The lowest BCUT2D eigenvalue weighted by atomic mass is 9.98. The molecule has 0 saturated carbocycles. The monoisotopic (exact) mass is 362 g/mol. The molecule has 2 N–H and O–H groups in total. The van der Waals surface area contributed by atoms with Gasteiger partial charge in [0.25, 0.3) is 0 Å². The predicted molar refractivity (Wildman–Crippen MR) is 97.3 cm³/mol. The van der Waals surface area contributed by atoms with Crippen molar-refractivity contribution >= 4 is 22.3 Å². The first-order chi connectivity index (χ1) is 12.1. The minimum absolute atomic E-state index is 0.0667. The van der Waals surface area contributed by atoms with Gasteiger partial charge in [-0.1, -0.05) is 24.3 Å². The molecule has 1 aliphatic carbocycles. The van der Waals surface area contributed by atoms with Crippen molar-refractivity contribution in [2.75, 3.05) is 5.01 Å². The fraction of sp³-hybridized carbons (Fsp3) is 0.368. The molecule has 3 rings (SSSR count). The van der Waals surface area contributed by atoms with Gasteiger partial charge in [-0.15, -0.1) is 0 Å². The number of anilines is 1. The van der Waals surface area contributed by atoms with Gasteiger partial charge in [0.15, 0.2) is 5.82 Å². The molecule has 0 bridgehead atoms. The number of nitrogens with two attached hydrogens (primary N) is 1. The fourth-order valence-corrected chi connectivity index (χ4v) is 2.75. The van der Waals surface area contributed by atoms with Crippen LogP contribution in [-0.4, -0.2) is 15.5 Å². The van der Waals surface area contributed by atoms with Gasteiger partial charge in [-0.25, -0.2) is 15.8 Å². The zero-order chi connectivity index (χ0) is 19.1. The van der Waals surface area contributed by atoms with E-state index >= 15 is 0 Å². The first-order valence-corrected chi connectivity index (χ1v) is 8.38. The Balaban J connectivity index is 2.24. The van der Waals surface area contributed by atoms with Crippen LogP contribution in [-0.2, 0) is 6.18 Å². The van der Waals surface area contributed by atoms with Crippen LogP contribution in [0.3, 0.4) is 0 Å². The molecule has 7 heteroatoms. The number of rotatable bonds is 2. The van der Waals surface area contributed by atoms with Crippen molar-refractivity contribution in [2.45, 2.75) is 45.3 Å². The number of hydrogen-bond acceptors (Lipinski definition) is 4. The lowest BCUT2D eigenvalue weighted by Gasteiger charge is -2.33. The Bertz CT molecular complexity index is 892. The predicted octanol–water partition coefficient (Wildman–Crippen LogP) is 4.86. The summed E-state index contributed by atoms with van der Waals surface area (Å²) < 4.78 is 39.7. The number of allylic oxidation sites excluding steroid dienone is 4. The molecular weight excluding hydrogens is 341 g/mol. The quantitative estimate of drug-likeness (QED) is 0.612. The van der Waals surface area contributed by atoms with Crippen molar-refractivity contribution in [1.82, 2.24) is 9.97 Å². The van der Waals surface area contributed by atoms with Crippen LogP contribution in [0.4, 0.5) is 19.0 Å². The summed E-state index contributed by atoms with van der Waals surface area (Å²) in [7, 11) is 0. The number of halogens is 3. The average Bonchev–Trinajstić information content (AvgIpc) is 2.59. The molecule has 4 nitrogen and oxygen atoms in total. The van der Waals surface area contributed by atoms with Crippen LogP contribution in [0.15, 0.2) is 36.4 Å². The molecule has 0 unspecified atom stereocenters. The van der Waals surface area contributed by atoms with Crippen LogP contribution in [0.2, 0.25) is 0 Å². The van der Waals surface area contributed by atoms with Crippen molar-refractivity contribution in [3.63, 3.8) is 0 Å². The largest absolute Gasteiger partial charge is 0.451 e. The third-order valence-corrected chi connectivity index (χ3v) is 4.21. The number of benzene rings is 1. The highest BCUT2D eigenvalue weighted by atomic mass is 19.4. The van der Waals surface area contributed by atoms with Crippen molar-refractivity contribution in [2.24, 2.45) is 5.84 Å². The summed E-state index contributed by atoms with van der Waals surface area (Å²) in [6, 6.07) is 5.17. The van der Waals surface area contributed by atoms with E-state index in [1.54, 1.807) is 18.2 Å². The molecule has 26 heavy (non-hydrogen) atoms. The summed E-state index contributed by atoms with van der Waals surface area (Å²) in [5, 5.41) is 1.76. The minimum atomic E-state index is -4.64. The molecule has 138 valence electrons. The van der Waals surface area contributed by atoms with Crippen LogP contribution < -0.4 is 10.9 Å². The number of fused-ring (bicyclic) bond motifs is 1. The third-order valence-electron chi connectivity index (χ3n) is 4.21. The fourth-order valence-electron chi connectivity index (χ4n) is 2.75. The van der Waals surface area contributed by atoms with Gasteiger partial charge in [-0.2, -0.15) is 13.2 Å². The van der Waals surface area contributed by atoms with E-state index < -0.39 is 17.5 Å². The van der Waals surface area contributed by atoms with Gasteiger partial charge >= 0.3 is 6.18 Å². The van der Waals surface area contributed by atoms with Gasteiger partial charge in [0.1, 0.15) is 0 Å². The Hall–Kier alpha value is -2.41. The molecule has 0 amide bonds. The summed E-state index contributed by atoms with van der Waals surface area (Å²) in [5.41, 5.74) is 1.54. The second-order valence-corrected chi connectivity index (χ2v) is 7.28. The number of alkyl halides is 3. The SMILES string of the molecule is CC(C)(C)N(N)c1nc(C(F)(F)F)nc2ccc(C3=CCCC=C3)cc12. The topological polar surface area (TPSA) is 55.0 Å². The molecule has 0 spiro atoms. The molecule has 1 aliphatic rings. The zero-order valence-electron chi connectivity index (χ0n) is 14.9. The first-order valence-electron chi connectivity index (χ1n) is 8.38. The van der Waals surface area contributed by atoms with Crippen molar-refractivity contribution in [3.05, 3.63) is 47.8 Å². The summed E-state index contributed by atoms with van der Waals surface area (Å²) in [5.74, 6) is 5.00. The molecule has 2 aromatic rings. The van der Waals surface area contributed by atoms with E-state index in [2.05, 4.69) is 22.1 Å². The third kappa shape index (κ3) is 3.58. The van der Waals surface area contributed by atoms with Crippen LogP contribution in [0, 0.1) is 0 Å². The Morgan fingerprint density at radius 1 is 1.08 bits per heavy atom. The number of hydrogen-bond donors (Lipinski definition) is 1. The lowest BCUT2D eigenvalue weighted by molar-refractivity contribution is -0.144. The number of nitrogens with zero attached hydrogens (tertiary/aromatic N) is 3. The van der Waals surface area contributed by atoms with Gasteiger partial charge < -0.3 is 0 Å². The van der Waals surface area contributed by atoms with Crippen molar-refractivity contribution in [1.29, 1.82) is 0 Å². The maximum absolute atomic E-state index is 13.2. The highest BCUT2D eigenvalue weighted by molar-refractivity contribution is 5.93. The van der Waals surface area contributed by atoms with Crippen molar-refractivity contribution in [3.8, 4) is 0 Å². The van der Waals surface area contributed by atoms with E-state index in [0.29, 0.717) is 5.39 Å². The normalized spacial score (nSPS) is 15.3. The van der Waals surface area contributed by atoms with Crippen LogP contribution in [0.25, 0.3) is 16.5 Å². The molecule has 0 radical (unpaired) electrons. The Morgan fingerprint density at radius 2 is 1.81 bits per heavy atom. The summed E-state index contributed by atoms with van der Waals surface area (Å²) in [6.45, 7) is 5.43. The molecule has 0 saturated heterocycles. The molecule has 0 fully saturated rings. The van der Waals surface area contributed by atoms with E-state index in [0.717, 1.165) is 24.0 Å². The Morgan fingerprint density at radius 3 is 2.38 bits per heavy atom. The molecular formula is C19H21F3N4. The summed E-state index contributed by atoms with van der Waals surface area (Å²) in [4.78, 5) is 7.45. The van der Waals surface area contributed by atoms with E-state index in [1.807, 2.05) is 26.8 Å². The zero-order valence-corrected chi connectivity index (χ0v) is 14.9. The summed E-state index contributed by atoms with van der Waals surface area (Å²) >= 11 is 0. The Kier molecular flexibility index (Phi) is 4.52. The van der Waals surface area contributed by atoms with Gasteiger partial charge in [0.2, 0.25) is 5.82 Å². The molecule has 0 aliphatic heterocycles. The lowest BCUT2D eigenvalue weighted by Crippen LogP contribution is -2.47. The summed E-state index contributed by atoms with van der Waals surface area (Å²) in [6.07, 6.45) is 3.48. The highest BCUT2D eigenvalue weighted by Crippen LogP contribution is 2.34. The standard InChI is InChI=1S/C19H21F3N4/c1-18(2,3)26(23)16-14-11-13(12-7-5-4-6-8-12)9-10-15(14)24-17(25-16)19(20,21)22/h5,7-11H,4,6,23H2,1-3H3. The minimum Gasteiger partial charge on any atom is -0.289 e. The van der Waals surface area contributed by atoms with Crippen molar-refractivity contribution < 1.29 is 13.2 Å². The Labute approximate surface area is 150 Å². The highest BCUT2D eigenvalue weighted by Gasteiger charge is 2.36. The molecule has 1 aromatic carbocycles. The first kappa shape index (κ1) is 18.4. The van der Waals surface area contributed by atoms with Gasteiger partial charge in [-0.05, 0) is 56.9 Å². The maximum Gasteiger partial charge on any atom is 0.451 e. The number of hydrazine groups is 1. The number of aromatic nitrogens is 2. The van der Waals surface area contributed by atoms with E-state index in [-0.39, 0.29) is 11.3 Å². The molecule has 0 atom stereocenters. The molecule has 1 aromatic heterocycles. The van der Waals surface area contributed by atoms with Crippen LogP contribution >= 0.6 is 0 Å². The van der Waals surface area contributed by atoms with Gasteiger partial charge in [0.05, 0.1) is 5.52 Å². The van der Waals surface area contributed by atoms with Gasteiger partial charge in [0, 0.05) is 10.9 Å². The maximum atomic E-state index is 13.2. The van der Waals surface area contributed by atoms with Crippen LogP contribution in [0.5, 0.6) is 0 Å². The van der Waals surface area contributed by atoms with Gasteiger partial charge in [-0.3, -0.25) is 5.01 Å². The van der Waals surface area contributed by atoms with E-state index in [1.165, 1.54) is 5.01 Å². The smallest absolute Gasteiger partial charge is 0.289 e. The van der Waals surface area contributed by atoms with E-state index in [4.69, 9.17) is 5.84 Å². The second kappa shape index (κ2) is 6.39. The molecule has 1 heterocycles.